The highest BCUT2D eigenvalue weighted by Crippen LogP contribution is 2.32. The molecule has 4 aromatic rings. The Hall–Kier alpha value is -3.20. The standard InChI is InChI=1S/C18H17N5O3S/c1-4-25-13-6-5-7-14-16(13)20-18(27-14)23-15(8-10(2)21-23)19-17(24)12-9-11(3)26-22-12/h5-9H,4H2,1-3H3,(H,19,24). The molecule has 3 aromatic heterocycles. The van der Waals surface area contributed by atoms with Crippen LogP contribution < -0.4 is 10.1 Å². The molecule has 1 amide bonds. The van der Waals surface area contributed by atoms with Gasteiger partial charge < -0.3 is 14.6 Å². The molecule has 0 fully saturated rings. The van der Waals surface area contributed by atoms with E-state index in [9.17, 15) is 4.79 Å². The van der Waals surface area contributed by atoms with Crippen molar-refractivity contribution < 1.29 is 14.1 Å². The number of aromatic nitrogens is 4. The van der Waals surface area contributed by atoms with Crippen molar-refractivity contribution in [1.82, 2.24) is 19.9 Å². The Morgan fingerprint density at radius 2 is 2.19 bits per heavy atom. The second kappa shape index (κ2) is 6.84. The van der Waals surface area contributed by atoms with Crippen molar-refractivity contribution in [2.24, 2.45) is 0 Å². The topological polar surface area (TPSA) is 95.1 Å². The van der Waals surface area contributed by atoms with E-state index < -0.39 is 0 Å². The van der Waals surface area contributed by atoms with Gasteiger partial charge in [0.05, 0.1) is 17.0 Å². The highest BCUT2D eigenvalue weighted by Gasteiger charge is 2.18. The molecule has 3 heterocycles. The first-order valence-electron chi connectivity index (χ1n) is 8.39. The quantitative estimate of drug-likeness (QED) is 0.564. The zero-order chi connectivity index (χ0) is 19.0. The molecule has 1 aromatic carbocycles. The second-order valence-corrected chi connectivity index (χ2v) is 6.90. The number of hydrogen-bond acceptors (Lipinski definition) is 7. The molecule has 0 aliphatic rings. The summed E-state index contributed by atoms with van der Waals surface area (Å²) in [5, 5.41) is 11.7. The molecule has 0 saturated carbocycles. The van der Waals surface area contributed by atoms with E-state index in [0.29, 0.717) is 23.3 Å². The largest absolute Gasteiger partial charge is 0.492 e. The molecule has 9 heteroatoms. The average molecular weight is 383 g/mol. The van der Waals surface area contributed by atoms with E-state index in [4.69, 9.17) is 9.26 Å². The molecule has 4 rings (SSSR count). The number of aryl methyl sites for hydroxylation is 2. The van der Waals surface area contributed by atoms with Crippen LogP contribution in [0.3, 0.4) is 0 Å². The molecule has 0 aliphatic carbocycles. The lowest BCUT2D eigenvalue weighted by atomic mass is 10.3. The minimum atomic E-state index is -0.371. The van der Waals surface area contributed by atoms with E-state index in [-0.39, 0.29) is 11.6 Å². The van der Waals surface area contributed by atoms with Crippen molar-refractivity contribution in [3.8, 4) is 10.9 Å². The number of ether oxygens (including phenoxy) is 1. The van der Waals surface area contributed by atoms with E-state index in [1.165, 1.54) is 11.3 Å². The van der Waals surface area contributed by atoms with Crippen LogP contribution in [-0.2, 0) is 0 Å². The van der Waals surface area contributed by atoms with Crippen LogP contribution >= 0.6 is 11.3 Å². The molecule has 8 nitrogen and oxygen atoms in total. The number of anilines is 1. The second-order valence-electron chi connectivity index (χ2n) is 5.89. The maximum atomic E-state index is 12.4. The molecular weight excluding hydrogens is 366 g/mol. The number of rotatable bonds is 5. The molecule has 0 saturated heterocycles. The maximum absolute atomic E-state index is 12.4. The van der Waals surface area contributed by atoms with Crippen LogP contribution in [0.2, 0.25) is 0 Å². The number of carbonyl (C=O) groups is 1. The third-order valence-electron chi connectivity index (χ3n) is 3.79. The fraction of sp³-hybridized carbons (Fsp3) is 0.222. The summed E-state index contributed by atoms with van der Waals surface area (Å²) in [4.78, 5) is 17.1. The first-order chi connectivity index (χ1) is 13.0. The lowest BCUT2D eigenvalue weighted by Crippen LogP contribution is -2.15. The minimum Gasteiger partial charge on any atom is -0.492 e. The fourth-order valence-electron chi connectivity index (χ4n) is 2.66. The molecular formula is C18H17N5O3S. The van der Waals surface area contributed by atoms with Gasteiger partial charge in [0.25, 0.3) is 5.91 Å². The van der Waals surface area contributed by atoms with Gasteiger partial charge in [0.1, 0.15) is 22.8 Å². The van der Waals surface area contributed by atoms with Crippen LogP contribution in [0.1, 0.15) is 28.9 Å². The Morgan fingerprint density at radius 3 is 2.93 bits per heavy atom. The van der Waals surface area contributed by atoms with Crippen molar-refractivity contribution in [2.45, 2.75) is 20.8 Å². The number of nitrogens with one attached hydrogen (secondary N) is 1. The van der Waals surface area contributed by atoms with Crippen LogP contribution in [0.5, 0.6) is 5.75 Å². The van der Waals surface area contributed by atoms with Crippen LogP contribution in [0.25, 0.3) is 15.3 Å². The van der Waals surface area contributed by atoms with Crippen molar-refractivity contribution in [1.29, 1.82) is 0 Å². The number of benzene rings is 1. The van der Waals surface area contributed by atoms with Gasteiger partial charge in [-0.3, -0.25) is 4.79 Å². The van der Waals surface area contributed by atoms with E-state index in [2.05, 4.69) is 20.6 Å². The minimum absolute atomic E-state index is 0.209. The monoisotopic (exact) mass is 383 g/mol. The Morgan fingerprint density at radius 1 is 1.33 bits per heavy atom. The number of hydrogen-bond donors (Lipinski definition) is 1. The number of thiazole rings is 1. The molecule has 1 N–H and O–H groups in total. The van der Waals surface area contributed by atoms with Gasteiger partial charge in [0, 0.05) is 12.1 Å². The Bertz CT molecular complexity index is 1130. The highest BCUT2D eigenvalue weighted by atomic mass is 32.1. The molecule has 0 aliphatic heterocycles. The predicted octanol–water partition coefficient (Wildman–Crippen LogP) is 3.74. The lowest BCUT2D eigenvalue weighted by molar-refractivity contribution is 0.101. The van der Waals surface area contributed by atoms with E-state index in [1.54, 1.807) is 23.7 Å². The van der Waals surface area contributed by atoms with Gasteiger partial charge in [-0.15, -0.1) is 0 Å². The zero-order valence-electron chi connectivity index (χ0n) is 15.0. The molecule has 0 bridgehead atoms. The maximum Gasteiger partial charge on any atom is 0.279 e. The third kappa shape index (κ3) is 3.28. The van der Waals surface area contributed by atoms with E-state index in [1.807, 2.05) is 32.0 Å². The fourth-order valence-corrected chi connectivity index (χ4v) is 3.61. The summed E-state index contributed by atoms with van der Waals surface area (Å²) in [6, 6.07) is 9.15. The lowest BCUT2D eigenvalue weighted by Gasteiger charge is -2.04. The Balaban J connectivity index is 1.71. The summed E-state index contributed by atoms with van der Waals surface area (Å²) in [6.45, 7) is 6.08. The predicted molar refractivity (Wildman–Crippen MR) is 102 cm³/mol. The number of amides is 1. The third-order valence-corrected chi connectivity index (χ3v) is 4.78. The van der Waals surface area contributed by atoms with E-state index >= 15 is 0 Å². The van der Waals surface area contributed by atoms with Gasteiger partial charge in [-0.2, -0.15) is 9.78 Å². The number of para-hydroxylation sites is 1. The average Bonchev–Trinajstić information content (AvgIpc) is 3.33. The Kier molecular flexibility index (Phi) is 4.36. The Labute approximate surface area is 158 Å². The van der Waals surface area contributed by atoms with Gasteiger partial charge in [-0.05, 0) is 32.9 Å². The molecule has 0 radical (unpaired) electrons. The number of nitrogens with zero attached hydrogens (tertiary/aromatic N) is 4. The summed E-state index contributed by atoms with van der Waals surface area (Å²) in [7, 11) is 0. The van der Waals surface area contributed by atoms with E-state index in [0.717, 1.165) is 21.7 Å². The van der Waals surface area contributed by atoms with Gasteiger partial charge in [0.15, 0.2) is 5.69 Å². The van der Waals surface area contributed by atoms with Crippen molar-refractivity contribution in [3.63, 3.8) is 0 Å². The summed E-state index contributed by atoms with van der Waals surface area (Å²) >= 11 is 1.47. The summed E-state index contributed by atoms with van der Waals surface area (Å²) < 4.78 is 13.2. The highest BCUT2D eigenvalue weighted by molar-refractivity contribution is 7.20. The SMILES string of the molecule is CCOc1cccc2sc(-n3nc(C)cc3NC(=O)c3cc(C)on3)nc12. The van der Waals surface area contributed by atoms with Crippen LogP contribution in [0.15, 0.2) is 34.9 Å². The molecule has 0 spiro atoms. The van der Waals surface area contributed by atoms with Gasteiger partial charge in [-0.25, -0.2) is 4.98 Å². The zero-order valence-corrected chi connectivity index (χ0v) is 15.8. The van der Waals surface area contributed by atoms with Crippen molar-refractivity contribution in [2.75, 3.05) is 11.9 Å². The summed E-state index contributed by atoms with van der Waals surface area (Å²) in [5.41, 5.74) is 1.74. The van der Waals surface area contributed by atoms with Crippen LogP contribution in [0, 0.1) is 13.8 Å². The smallest absolute Gasteiger partial charge is 0.279 e. The van der Waals surface area contributed by atoms with Crippen molar-refractivity contribution in [3.05, 3.63) is 47.5 Å². The first kappa shape index (κ1) is 17.2. The first-order valence-corrected chi connectivity index (χ1v) is 9.21. The summed E-state index contributed by atoms with van der Waals surface area (Å²) in [5.74, 6) is 1.43. The van der Waals surface area contributed by atoms with Gasteiger partial charge in [-0.1, -0.05) is 22.6 Å². The molecule has 0 atom stereocenters. The van der Waals surface area contributed by atoms with Crippen LogP contribution in [0.4, 0.5) is 5.82 Å². The van der Waals surface area contributed by atoms with Gasteiger partial charge in [0.2, 0.25) is 5.13 Å². The number of fused-ring (bicyclic) bond motifs is 1. The number of carbonyl (C=O) groups excluding carboxylic acids is 1. The molecule has 27 heavy (non-hydrogen) atoms. The molecule has 138 valence electrons. The summed E-state index contributed by atoms with van der Waals surface area (Å²) in [6.07, 6.45) is 0. The normalized spacial score (nSPS) is 11.1. The van der Waals surface area contributed by atoms with Gasteiger partial charge >= 0.3 is 0 Å². The molecule has 0 unspecified atom stereocenters. The van der Waals surface area contributed by atoms with Crippen LogP contribution in [-0.4, -0.2) is 32.4 Å². The van der Waals surface area contributed by atoms with Crippen molar-refractivity contribution >= 4 is 33.3 Å².